The lowest BCUT2D eigenvalue weighted by Gasteiger charge is -2.27. The molecule has 1 aliphatic heterocycles. The van der Waals surface area contributed by atoms with Gasteiger partial charge in [-0.25, -0.2) is 8.42 Å². The van der Waals surface area contributed by atoms with Gasteiger partial charge < -0.3 is 9.64 Å². The molecule has 1 aliphatic rings. The number of anilines is 2. The molecule has 0 radical (unpaired) electrons. The molecule has 3 rings (SSSR count). The van der Waals surface area contributed by atoms with E-state index in [9.17, 15) is 23.3 Å². The van der Waals surface area contributed by atoms with E-state index in [0.717, 1.165) is 12.5 Å². The Bertz CT molecular complexity index is 1100. The smallest absolute Gasteiger partial charge is 0.270 e. The molecule has 2 aromatic carbocycles. The van der Waals surface area contributed by atoms with Crippen LogP contribution in [0.5, 0.6) is 5.75 Å². The molecule has 1 N–H and O–H groups in total. The Morgan fingerprint density at radius 3 is 2.63 bits per heavy atom. The van der Waals surface area contributed by atoms with Gasteiger partial charge in [-0.05, 0) is 38.5 Å². The van der Waals surface area contributed by atoms with Gasteiger partial charge in [-0.3, -0.25) is 19.6 Å². The second kappa shape index (κ2) is 7.94. The lowest BCUT2D eigenvalue weighted by molar-refractivity contribution is -0.385. The topological polar surface area (TPSA) is 119 Å². The van der Waals surface area contributed by atoms with Crippen LogP contribution in [0.15, 0.2) is 47.4 Å². The highest BCUT2D eigenvalue weighted by molar-refractivity contribution is 7.92. The van der Waals surface area contributed by atoms with E-state index >= 15 is 0 Å². The van der Waals surface area contributed by atoms with Crippen LogP contribution in [0.1, 0.15) is 27.2 Å². The van der Waals surface area contributed by atoms with Gasteiger partial charge in [0, 0.05) is 24.7 Å². The number of hydrogen-bond donors (Lipinski definition) is 1. The van der Waals surface area contributed by atoms with Crippen molar-refractivity contribution >= 4 is 33.0 Å². The van der Waals surface area contributed by atoms with Crippen LogP contribution in [0.4, 0.5) is 17.1 Å². The molecule has 160 valence electrons. The predicted molar refractivity (Wildman–Crippen MR) is 112 cm³/mol. The van der Waals surface area contributed by atoms with E-state index < -0.39 is 20.4 Å². The van der Waals surface area contributed by atoms with Gasteiger partial charge in [-0.1, -0.05) is 13.0 Å². The normalized spacial score (nSPS) is 15.7. The predicted octanol–water partition coefficient (Wildman–Crippen LogP) is 3.56. The molecule has 0 saturated carbocycles. The first-order valence-electron chi connectivity index (χ1n) is 9.41. The number of nitro benzene ring substituents is 1. The van der Waals surface area contributed by atoms with Crippen LogP contribution < -0.4 is 14.4 Å². The van der Waals surface area contributed by atoms with Crippen LogP contribution >= 0.6 is 0 Å². The van der Waals surface area contributed by atoms with Crippen molar-refractivity contribution in [2.75, 3.05) is 22.8 Å². The highest BCUT2D eigenvalue weighted by Gasteiger charge is 2.37. The number of rotatable bonds is 6. The van der Waals surface area contributed by atoms with Crippen LogP contribution in [-0.4, -0.2) is 32.4 Å². The average Bonchev–Trinajstić information content (AvgIpc) is 2.78. The SMILES string of the molecule is CCCN1C(=O)C(C)(C)COc2cc(NS(=O)(=O)c3cccc([N+](=O)[O-])c3)ccc21. The summed E-state index contributed by atoms with van der Waals surface area (Å²) in [7, 11) is -4.05. The van der Waals surface area contributed by atoms with E-state index in [-0.39, 0.29) is 28.8 Å². The van der Waals surface area contributed by atoms with Crippen LogP contribution in [0.25, 0.3) is 0 Å². The lowest BCUT2D eigenvalue weighted by Crippen LogP contribution is -2.42. The Labute approximate surface area is 174 Å². The van der Waals surface area contributed by atoms with E-state index in [1.165, 1.54) is 30.3 Å². The maximum atomic E-state index is 12.9. The minimum Gasteiger partial charge on any atom is -0.490 e. The summed E-state index contributed by atoms with van der Waals surface area (Å²) >= 11 is 0. The van der Waals surface area contributed by atoms with Gasteiger partial charge in [-0.2, -0.15) is 0 Å². The maximum absolute atomic E-state index is 12.9. The van der Waals surface area contributed by atoms with Crippen LogP contribution in [0, 0.1) is 15.5 Å². The number of nitrogens with zero attached hydrogens (tertiary/aromatic N) is 2. The molecule has 2 aromatic rings. The molecule has 0 aliphatic carbocycles. The highest BCUT2D eigenvalue weighted by atomic mass is 32.2. The molecule has 0 unspecified atom stereocenters. The third kappa shape index (κ3) is 4.23. The molecule has 1 amide bonds. The van der Waals surface area contributed by atoms with Gasteiger partial charge >= 0.3 is 0 Å². The van der Waals surface area contributed by atoms with Crippen molar-refractivity contribution < 1.29 is 22.9 Å². The molecular formula is C20H23N3O6S. The number of ether oxygens (including phenoxy) is 1. The first kappa shape index (κ1) is 21.6. The fourth-order valence-corrected chi connectivity index (χ4v) is 4.22. The lowest BCUT2D eigenvalue weighted by atomic mass is 9.93. The minimum atomic E-state index is -4.05. The Kier molecular flexibility index (Phi) is 5.71. The number of fused-ring (bicyclic) bond motifs is 1. The summed E-state index contributed by atoms with van der Waals surface area (Å²) in [5.41, 5.74) is -0.245. The summed E-state index contributed by atoms with van der Waals surface area (Å²) in [6.45, 7) is 6.23. The number of nitrogens with one attached hydrogen (secondary N) is 1. The minimum absolute atomic E-state index is 0.0620. The number of non-ortho nitro benzene ring substituents is 1. The monoisotopic (exact) mass is 433 g/mol. The standard InChI is InChI=1S/C20H23N3O6S/c1-4-10-22-17-9-8-14(11-18(17)29-13-20(2,3)19(22)24)21-30(27,28)16-7-5-6-15(12-16)23(25)26/h5-9,11-12,21H,4,10,13H2,1-3H3. The molecule has 9 nitrogen and oxygen atoms in total. The van der Waals surface area contributed by atoms with Gasteiger partial charge in [0.25, 0.3) is 15.7 Å². The Morgan fingerprint density at radius 2 is 1.97 bits per heavy atom. The second-order valence-corrected chi connectivity index (χ2v) is 9.35. The fraction of sp³-hybridized carbons (Fsp3) is 0.350. The summed E-state index contributed by atoms with van der Waals surface area (Å²) in [6, 6.07) is 9.48. The molecule has 0 bridgehead atoms. The van der Waals surface area contributed by atoms with Crippen molar-refractivity contribution in [1.29, 1.82) is 0 Å². The number of carbonyl (C=O) groups excluding carboxylic acids is 1. The molecule has 0 spiro atoms. The van der Waals surface area contributed by atoms with Crippen LogP contribution in [-0.2, 0) is 14.8 Å². The third-order valence-corrected chi connectivity index (χ3v) is 6.08. The van der Waals surface area contributed by atoms with Crippen LogP contribution in [0.3, 0.4) is 0 Å². The molecule has 1 heterocycles. The van der Waals surface area contributed by atoms with Crippen molar-refractivity contribution in [2.24, 2.45) is 5.41 Å². The molecule has 10 heteroatoms. The second-order valence-electron chi connectivity index (χ2n) is 7.67. The van der Waals surface area contributed by atoms with Gasteiger partial charge in [-0.15, -0.1) is 0 Å². The number of hydrogen-bond acceptors (Lipinski definition) is 6. The third-order valence-electron chi connectivity index (χ3n) is 4.70. The summed E-state index contributed by atoms with van der Waals surface area (Å²) in [5, 5.41) is 10.9. The molecule has 0 saturated heterocycles. The largest absolute Gasteiger partial charge is 0.490 e. The summed E-state index contributed by atoms with van der Waals surface area (Å²) in [5.74, 6) is 0.328. The zero-order valence-corrected chi connectivity index (χ0v) is 17.7. The summed E-state index contributed by atoms with van der Waals surface area (Å²) in [6.07, 6.45) is 0.752. The summed E-state index contributed by atoms with van der Waals surface area (Å²) in [4.78, 5) is 24.6. The molecule has 30 heavy (non-hydrogen) atoms. The van der Waals surface area contributed by atoms with Crippen molar-refractivity contribution in [3.8, 4) is 5.75 Å². The number of amides is 1. The van der Waals surface area contributed by atoms with Gasteiger partial charge in [0.15, 0.2) is 0 Å². The van der Waals surface area contributed by atoms with Gasteiger partial charge in [0.1, 0.15) is 12.4 Å². The van der Waals surface area contributed by atoms with E-state index in [0.29, 0.717) is 18.0 Å². The number of sulfonamides is 1. The van der Waals surface area contributed by atoms with Crippen molar-refractivity contribution in [2.45, 2.75) is 32.1 Å². The number of carbonyl (C=O) groups is 1. The molecule has 0 fully saturated rings. The summed E-state index contributed by atoms with van der Waals surface area (Å²) < 4.78 is 33.6. The molecule has 0 atom stereocenters. The Balaban J connectivity index is 1.95. The molecule has 0 aromatic heterocycles. The quantitative estimate of drug-likeness (QED) is 0.550. The number of benzene rings is 2. The Hall–Kier alpha value is -3.14. The van der Waals surface area contributed by atoms with Crippen molar-refractivity contribution in [1.82, 2.24) is 0 Å². The van der Waals surface area contributed by atoms with Crippen molar-refractivity contribution in [3.63, 3.8) is 0 Å². The van der Waals surface area contributed by atoms with E-state index in [4.69, 9.17) is 4.74 Å². The van der Waals surface area contributed by atoms with Crippen LogP contribution in [0.2, 0.25) is 0 Å². The average molecular weight is 433 g/mol. The van der Waals surface area contributed by atoms with Gasteiger partial charge in [0.05, 0.1) is 26.6 Å². The fourth-order valence-electron chi connectivity index (χ4n) is 3.13. The van der Waals surface area contributed by atoms with E-state index in [1.807, 2.05) is 6.92 Å². The van der Waals surface area contributed by atoms with E-state index in [1.54, 1.807) is 24.8 Å². The first-order valence-corrected chi connectivity index (χ1v) is 10.9. The van der Waals surface area contributed by atoms with Gasteiger partial charge in [0.2, 0.25) is 5.91 Å². The first-order chi connectivity index (χ1) is 14.0. The Morgan fingerprint density at radius 1 is 1.23 bits per heavy atom. The van der Waals surface area contributed by atoms with E-state index in [2.05, 4.69) is 4.72 Å². The zero-order chi connectivity index (χ0) is 22.1. The maximum Gasteiger partial charge on any atom is 0.270 e. The number of nitro groups is 1. The molecular weight excluding hydrogens is 410 g/mol. The van der Waals surface area contributed by atoms with Crippen molar-refractivity contribution in [3.05, 3.63) is 52.6 Å². The highest BCUT2D eigenvalue weighted by Crippen LogP contribution is 2.38. The zero-order valence-electron chi connectivity index (χ0n) is 16.9.